The van der Waals surface area contributed by atoms with Gasteiger partial charge in [0.25, 0.3) is 0 Å². The molecule has 4 aromatic heterocycles. The molecule has 0 aliphatic heterocycles. The summed E-state index contributed by atoms with van der Waals surface area (Å²) in [5.41, 5.74) is 9.76. The van der Waals surface area contributed by atoms with E-state index in [9.17, 15) is 0 Å². The number of benzene rings is 6. The minimum atomic E-state index is 0.764. The lowest BCUT2D eigenvalue weighted by Crippen LogP contribution is -1.93. The van der Waals surface area contributed by atoms with Crippen molar-refractivity contribution in [3.63, 3.8) is 0 Å². The van der Waals surface area contributed by atoms with Crippen LogP contribution < -0.4 is 0 Å². The monoisotopic (exact) mass is 550 g/mol. The quantitative estimate of drug-likeness (QED) is 0.201. The Morgan fingerprint density at radius 3 is 1.77 bits per heavy atom. The first-order valence-corrected chi connectivity index (χ1v) is 14.5. The molecule has 0 fully saturated rings. The number of hydrogen-bond donors (Lipinski definition) is 0. The van der Waals surface area contributed by atoms with Crippen molar-refractivity contribution in [1.82, 2.24) is 9.38 Å². The van der Waals surface area contributed by atoms with Gasteiger partial charge < -0.3 is 8.83 Å². The summed E-state index contributed by atoms with van der Waals surface area (Å²) in [4.78, 5) is 4.92. The molecule has 0 spiro atoms. The highest BCUT2D eigenvalue weighted by atomic mass is 16.3. The normalized spacial score (nSPS) is 12.2. The molecule has 0 aliphatic carbocycles. The maximum atomic E-state index is 6.54. The van der Waals surface area contributed by atoms with Crippen molar-refractivity contribution in [3.8, 4) is 22.3 Å². The molecule has 4 nitrogen and oxygen atoms in total. The van der Waals surface area contributed by atoms with E-state index in [-0.39, 0.29) is 0 Å². The summed E-state index contributed by atoms with van der Waals surface area (Å²) in [5, 5.41) is 8.03. The minimum Gasteiger partial charge on any atom is -0.455 e. The Hall–Kier alpha value is -5.87. The van der Waals surface area contributed by atoms with E-state index in [2.05, 4.69) is 108 Å². The van der Waals surface area contributed by atoms with Crippen molar-refractivity contribution in [3.05, 3.63) is 134 Å². The van der Waals surface area contributed by atoms with E-state index in [0.717, 1.165) is 60.9 Å². The summed E-state index contributed by atoms with van der Waals surface area (Å²) in [5.74, 6) is 0. The largest absolute Gasteiger partial charge is 0.455 e. The summed E-state index contributed by atoms with van der Waals surface area (Å²) < 4.78 is 14.9. The van der Waals surface area contributed by atoms with Crippen molar-refractivity contribution >= 4 is 71.3 Å². The van der Waals surface area contributed by atoms with Gasteiger partial charge in [0.05, 0.1) is 0 Å². The molecule has 43 heavy (non-hydrogen) atoms. The SMILES string of the molecule is c1ccc2c(c1)oc1c(-c3c4ccccc4c(-c4ccc5nc6c7ccccc7oc6n5c4)c4ccccc34)cccc12. The first-order valence-electron chi connectivity index (χ1n) is 14.5. The molecule has 200 valence electrons. The second-order valence-corrected chi connectivity index (χ2v) is 11.1. The number of imidazole rings is 1. The van der Waals surface area contributed by atoms with Crippen LogP contribution in [-0.2, 0) is 0 Å². The highest BCUT2D eigenvalue weighted by Gasteiger charge is 2.21. The van der Waals surface area contributed by atoms with E-state index in [1.807, 2.05) is 30.3 Å². The van der Waals surface area contributed by atoms with Gasteiger partial charge in [-0.3, -0.25) is 4.40 Å². The lowest BCUT2D eigenvalue weighted by Gasteiger charge is -2.18. The van der Waals surface area contributed by atoms with Gasteiger partial charge in [-0.15, -0.1) is 0 Å². The lowest BCUT2D eigenvalue weighted by atomic mass is 9.86. The predicted molar refractivity (Wildman–Crippen MR) is 176 cm³/mol. The molecule has 0 atom stereocenters. The van der Waals surface area contributed by atoms with Crippen LogP contribution in [0.1, 0.15) is 0 Å². The lowest BCUT2D eigenvalue weighted by molar-refractivity contribution is 0.649. The molecule has 0 aliphatic rings. The molecule has 4 heterocycles. The smallest absolute Gasteiger partial charge is 0.232 e. The third-order valence-corrected chi connectivity index (χ3v) is 8.82. The number of furan rings is 2. The van der Waals surface area contributed by atoms with E-state index in [1.165, 1.54) is 32.7 Å². The Kier molecular flexibility index (Phi) is 4.42. The molecule has 10 rings (SSSR count). The zero-order valence-corrected chi connectivity index (χ0v) is 22.9. The van der Waals surface area contributed by atoms with Crippen LogP contribution in [0.5, 0.6) is 0 Å². The fourth-order valence-corrected chi connectivity index (χ4v) is 6.97. The fourth-order valence-electron chi connectivity index (χ4n) is 6.97. The zero-order valence-electron chi connectivity index (χ0n) is 22.9. The number of pyridine rings is 1. The van der Waals surface area contributed by atoms with Crippen LogP contribution in [0.4, 0.5) is 0 Å². The van der Waals surface area contributed by atoms with Crippen molar-refractivity contribution < 1.29 is 8.83 Å². The molecule has 0 N–H and O–H groups in total. The highest BCUT2D eigenvalue weighted by Crippen LogP contribution is 2.46. The third-order valence-electron chi connectivity index (χ3n) is 8.82. The van der Waals surface area contributed by atoms with Crippen LogP contribution in [0.15, 0.2) is 142 Å². The minimum absolute atomic E-state index is 0.764. The average molecular weight is 551 g/mol. The number of para-hydroxylation sites is 3. The van der Waals surface area contributed by atoms with Gasteiger partial charge in [-0.2, -0.15) is 0 Å². The molecule has 0 bridgehead atoms. The van der Waals surface area contributed by atoms with Gasteiger partial charge in [0.2, 0.25) is 5.71 Å². The summed E-state index contributed by atoms with van der Waals surface area (Å²) in [7, 11) is 0. The molecule has 0 saturated carbocycles. The first kappa shape index (κ1) is 22.8. The Morgan fingerprint density at radius 2 is 1.05 bits per heavy atom. The van der Waals surface area contributed by atoms with E-state index in [4.69, 9.17) is 13.8 Å². The summed E-state index contributed by atoms with van der Waals surface area (Å²) in [6, 6.07) is 44.5. The summed E-state index contributed by atoms with van der Waals surface area (Å²) in [6.45, 7) is 0. The van der Waals surface area contributed by atoms with Gasteiger partial charge in [0, 0.05) is 33.5 Å². The second-order valence-electron chi connectivity index (χ2n) is 11.1. The van der Waals surface area contributed by atoms with Crippen molar-refractivity contribution in [2.75, 3.05) is 0 Å². The first-order chi connectivity index (χ1) is 21.3. The summed E-state index contributed by atoms with van der Waals surface area (Å²) in [6.07, 6.45) is 2.17. The van der Waals surface area contributed by atoms with E-state index in [0.29, 0.717) is 0 Å². The van der Waals surface area contributed by atoms with Crippen molar-refractivity contribution in [2.45, 2.75) is 0 Å². The van der Waals surface area contributed by atoms with E-state index in [1.54, 1.807) is 0 Å². The van der Waals surface area contributed by atoms with Crippen LogP contribution in [-0.4, -0.2) is 9.38 Å². The van der Waals surface area contributed by atoms with E-state index >= 15 is 0 Å². The molecule has 0 amide bonds. The summed E-state index contributed by atoms with van der Waals surface area (Å²) >= 11 is 0. The van der Waals surface area contributed by atoms with Crippen LogP contribution in [0.2, 0.25) is 0 Å². The van der Waals surface area contributed by atoms with Gasteiger partial charge in [0.15, 0.2) is 0 Å². The number of nitrogens with zero attached hydrogens (tertiary/aromatic N) is 2. The Morgan fingerprint density at radius 1 is 0.465 bits per heavy atom. The number of fused-ring (bicyclic) bond motifs is 10. The van der Waals surface area contributed by atoms with Gasteiger partial charge in [0.1, 0.15) is 27.9 Å². The van der Waals surface area contributed by atoms with Crippen LogP contribution >= 0.6 is 0 Å². The maximum absolute atomic E-state index is 6.54. The topological polar surface area (TPSA) is 43.6 Å². The standard InChI is InChI=1S/C39H22N2O2/c1-3-13-27-25(11-1)35(23-20-21-34-40-37-30-15-6-8-19-33(30)43-39(37)41(34)22-23)26-12-2-4-14-28(26)36(27)31-17-9-16-29-24-10-5-7-18-32(24)42-38(29)31/h1-22H. The fraction of sp³-hybridized carbons (Fsp3) is 0. The molecule has 0 radical (unpaired) electrons. The van der Waals surface area contributed by atoms with Gasteiger partial charge in [-0.1, -0.05) is 97.1 Å². The Balaban J connectivity index is 1.31. The Labute approximate surface area is 245 Å². The van der Waals surface area contributed by atoms with Crippen molar-refractivity contribution in [2.24, 2.45) is 0 Å². The maximum Gasteiger partial charge on any atom is 0.232 e. The third kappa shape index (κ3) is 3.07. The molecule has 0 unspecified atom stereocenters. The number of rotatable bonds is 2. The molecular formula is C39H22N2O2. The number of hydrogen-bond acceptors (Lipinski definition) is 3. The average Bonchev–Trinajstić information content (AvgIpc) is 3.73. The van der Waals surface area contributed by atoms with Gasteiger partial charge >= 0.3 is 0 Å². The van der Waals surface area contributed by atoms with E-state index < -0.39 is 0 Å². The molecule has 4 heteroatoms. The molecule has 0 saturated heterocycles. The number of aromatic nitrogens is 2. The second kappa shape index (κ2) is 8.34. The Bertz CT molecular complexity index is 2680. The van der Waals surface area contributed by atoms with Gasteiger partial charge in [-0.25, -0.2) is 4.98 Å². The molecular weight excluding hydrogens is 528 g/mol. The highest BCUT2D eigenvalue weighted by molar-refractivity contribution is 6.24. The molecule has 6 aromatic carbocycles. The van der Waals surface area contributed by atoms with Crippen LogP contribution in [0.3, 0.4) is 0 Å². The van der Waals surface area contributed by atoms with Crippen LogP contribution in [0, 0.1) is 0 Å². The predicted octanol–water partition coefficient (Wildman–Crippen LogP) is 10.8. The van der Waals surface area contributed by atoms with Crippen LogP contribution in [0.25, 0.3) is 93.6 Å². The van der Waals surface area contributed by atoms with Gasteiger partial charge in [-0.05, 0) is 63.0 Å². The molecule has 10 aromatic rings. The zero-order chi connectivity index (χ0) is 28.1. The van der Waals surface area contributed by atoms with Crippen molar-refractivity contribution in [1.29, 1.82) is 0 Å².